The van der Waals surface area contributed by atoms with E-state index in [0.717, 1.165) is 15.6 Å². The number of aliphatic carboxylic acids is 1. The summed E-state index contributed by atoms with van der Waals surface area (Å²) in [5.74, 6) is -1.30. The fourth-order valence-electron chi connectivity index (χ4n) is 4.05. The van der Waals surface area contributed by atoms with Gasteiger partial charge < -0.3 is 5.11 Å². The van der Waals surface area contributed by atoms with Crippen molar-refractivity contribution in [1.82, 2.24) is 16.2 Å². The lowest BCUT2D eigenvalue weighted by molar-refractivity contribution is -0.146. The van der Waals surface area contributed by atoms with Crippen LogP contribution < -0.4 is 16.2 Å². The summed E-state index contributed by atoms with van der Waals surface area (Å²) in [5, 5.41) is 14.1. The molecular formula is C19H19BrClN3O2. The highest BCUT2D eigenvalue weighted by atomic mass is 79.9. The highest BCUT2D eigenvalue weighted by Gasteiger charge is 2.49. The Morgan fingerprint density at radius 1 is 1.04 bits per heavy atom. The molecule has 2 aliphatic heterocycles. The van der Waals surface area contributed by atoms with Crippen LogP contribution in [-0.4, -0.2) is 17.2 Å². The van der Waals surface area contributed by atoms with E-state index < -0.39 is 11.9 Å². The quantitative estimate of drug-likeness (QED) is 0.591. The standard InChI is InChI=1S/C19H19BrClN3O2/c20-12-5-1-11(2-6-12)17-16-14(19(25)26)9-15(22-18(16)24-23-17)10-3-7-13(21)8-4-10/h1-8,14-18,22-24H,9H2,(H,25,26). The van der Waals surface area contributed by atoms with E-state index in [-0.39, 0.29) is 24.2 Å². The second-order valence-electron chi connectivity index (χ2n) is 6.82. The van der Waals surface area contributed by atoms with Crippen LogP contribution in [0, 0.1) is 11.8 Å². The average molecular weight is 437 g/mol. The summed E-state index contributed by atoms with van der Waals surface area (Å²) < 4.78 is 1.00. The summed E-state index contributed by atoms with van der Waals surface area (Å²) in [7, 11) is 0. The van der Waals surface area contributed by atoms with Crippen LogP contribution in [0.4, 0.5) is 0 Å². The smallest absolute Gasteiger partial charge is 0.307 e. The number of hydrogen-bond donors (Lipinski definition) is 4. The molecule has 2 fully saturated rings. The number of nitrogens with one attached hydrogen (secondary N) is 3. The van der Waals surface area contributed by atoms with Crippen molar-refractivity contribution in [3.63, 3.8) is 0 Å². The van der Waals surface area contributed by atoms with Crippen molar-refractivity contribution >= 4 is 33.5 Å². The van der Waals surface area contributed by atoms with Crippen LogP contribution in [0.1, 0.15) is 29.6 Å². The third-order valence-electron chi connectivity index (χ3n) is 5.32. The van der Waals surface area contributed by atoms with Gasteiger partial charge in [0, 0.05) is 21.5 Å². The Bertz CT molecular complexity index is 799. The van der Waals surface area contributed by atoms with Gasteiger partial charge in [-0.3, -0.25) is 10.1 Å². The molecule has 0 saturated carbocycles. The number of carboxylic acids is 1. The second kappa shape index (κ2) is 7.29. The second-order valence-corrected chi connectivity index (χ2v) is 8.18. The van der Waals surface area contributed by atoms with Gasteiger partial charge in [0.15, 0.2) is 0 Å². The molecule has 0 radical (unpaired) electrons. The van der Waals surface area contributed by atoms with E-state index in [1.807, 2.05) is 48.5 Å². The fraction of sp³-hybridized carbons (Fsp3) is 0.316. The molecule has 2 aromatic carbocycles. The fourth-order valence-corrected chi connectivity index (χ4v) is 4.44. The molecule has 0 spiro atoms. The third kappa shape index (κ3) is 3.40. The molecule has 5 atom stereocenters. The molecule has 4 N–H and O–H groups in total. The predicted molar refractivity (Wildman–Crippen MR) is 104 cm³/mol. The number of hydrogen-bond acceptors (Lipinski definition) is 4. The van der Waals surface area contributed by atoms with Gasteiger partial charge in [-0.15, -0.1) is 0 Å². The largest absolute Gasteiger partial charge is 0.481 e. The van der Waals surface area contributed by atoms with Gasteiger partial charge >= 0.3 is 5.97 Å². The molecule has 26 heavy (non-hydrogen) atoms. The number of carbonyl (C=O) groups is 1. The SMILES string of the molecule is O=C(O)C1CC(c2ccc(Cl)cc2)NC2NNC(c3ccc(Br)cc3)C21. The molecule has 4 rings (SSSR count). The third-order valence-corrected chi connectivity index (χ3v) is 6.10. The zero-order valence-corrected chi connectivity index (χ0v) is 16.2. The van der Waals surface area contributed by atoms with Crippen molar-refractivity contribution in [2.24, 2.45) is 11.8 Å². The van der Waals surface area contributed by atoms with E-state index in [1.165, 1.54) is 0 Å². The minimum atomic E-state index is -0.756. The van der Waals surface area contributed by atoms with Crippen molar-refractivity contribution in [3.8, 4) is 0 Å². The Hall–Kier alpha value is -1.44. The van der Waals surface area contributed by atoms with Gasteiger partial charge in [-0.2, -0.15) is 0 Å². The van der Waals surface area contributed by atoms with E-state index in [0.29, 0.717) is 11.4 Å². The van der Waals surface area contributed by atoms with Crippen LogP contribution >= 0.6 is 27.5 Å². The maximum atomic E-state index is 12.0. The molecule has 0 aliphatic carbocycles. The maximum Gasteiger partial charge on any atom is 0.307 e. The van der Waals surface area contributed by atoms with Crippen LogP contribution in [0.2, 0.25) is 5.02 Å². The van der Waals surface area contributed by atoms with E-state index in [9.17, 15) is 9.90 Å². The first-order chi connectivity index (χ1) is 12.5. The summed E-state index contributed by atoms with van der Waals surface area (Å²) in [6.07, 6.45) is 0.410. The molecule has 7 heteroatoms. The number of piperidine rings is 1. The van der Waals surface area contributed by atoms with E-state index in [1.54, 1.807) is 0 Å². The van der Waals surface area contributed by atoms with Gasteiger partial charge in [0.1, 0.15) is 0 Å². The first-order valence-electron chi connectivity index (χ1n) is 8.54. The minimum absolute atomic E-state index is 0.0346. The zero-order valence-electron chi connectivity index (χ0n) is 13.8. The van der Waals surface area contributed by atoms with Crippen molar-refractivity contribution in [3.05, 3.63) is 69.2 Å². The molecule has 2 aliphatic rings. The number of fused-ring (bicyclic) bond motifs is 1. The molecule has 136 valence electrons. The molecule has 0 aromatic heterocycles. The predicted octanol–water partition coefficient (Wildman–Crippen LogP) is 3.63. The molecular weight excluding hydrogens is 418 g/mol. The van der Waals surface area contributed by atoms with Crippen LogP contribution in [0.25, 0.3) is 0 Å². The number of halogens is 2. The Kier molecular flexibility index (Phi) is 5.03. The van der Waals surface area contributed by atoms with Crippen LogP contribution in [0.15, 0.2) is 53.0 Å². The van der Waals surface area contributed by atoms with Crippen LogP contribution in [0.5, 0.6) is 0 Å². The van der Waals surface area contributed by atoms with Gasteiger partial charge in [0.05, 0.1) is 18.1 Å². The molecule has 0 amide bonds. The Morgan fingerprint density at radius 2 is 1.69 bits per heavy atom. The molecule has 2 heterocycles. The van der Waals surface area contributed by atoms with Crippen molar-refractivity contribution in [2.75, 3.05) is 0 Å². The lowest BCUT2D eigenvalue weighted by Crippen LogP contribution is -2.53. The summed E-state index contributed by atoms with van der Waals surface area (Å²) in [4.78, 5) is 12.0. The lowest BCUT2D eigenvalue weighted by atomic mass is 9.75. The monoisotopic (exact) mass is 435 g/mol. The minimum Gasteiger partial charge on any atom is -0.481 e. The van der Waals surface area contributed by atoms with Crippen molar-refractivity contribution in [2.45, 2.75) is 24.7 Å². The van der Waals surface area contributed by atoms with E-state index >= 15 is 0 Å². The number of hydrazine groups is 1. The first kappa shape index (κ1) is 17.9. The Labute approximate surface area is 165 Å². The zero-order chi connectivity index (χ0) is 18.3. The Morgan fingerprint density at radius 3 is 2.35 bits per heavy atom. The van der Waals surface area contributed by atoms with Crippen LogP contribution in [0.3, 0.4) is 0 Å². The normalized spacial score (nSPS) is 30.8. The maximum absolute atomic E-state index is 12.0. The lowest BCUT2D eigenvalue weighted by Gasteiger charge is -2.39. The highest BCUT2D eigenvalue weighted by molar-refractivity contribution is 9.10. The Balaban J connectivity index is 1.61. The molecule has 5 nitrogen and oxygen atoms in total. The van der Waals surface area contributed by atoms with Crippen molar-refractivity contribution in [1.29, 1.82) is 0 Å². The average Bonchev–Trinajstić information content (AvgIpc) is 3.06. The number of rotatable bonds is 3. The number of carboxylic acid groups (broad SMARTS) is 1. The van der Waals surface area contributed by atoms with Crippen LogP contribution in [-0.2, 0) is 4.79 Å². The molecule has 2 saturated heterocycles. The first-order valence-corrected chi connectivity index (χ1v) is 9.71. The number of benzene rings is 2. The van der Waals surface area contributed by atoms with E-state index in [2.05, 4.69) is 32.1 Å². The topological polar surface area (TPSA) is 73.4 Å². The molecule has 2 aromatic rings. The summed E-state index contributed by atoms with van der Waals surface area (Å²) in [6, 6.07) is 15.5. The molecule has 5 unspecified atom stereocenters. The highest BCUT2D eigenvalue weighted by Crippen LogP contribution is 2.42. The van der Waals surface area contributed by atoms with Gasteiger partial charge in [-0.05, 0) is 41.8 Å². The van der Waals surface area contributed by atoms with E-state index in [4.69, 9.17) is 11.6 Å². The van der Waals surface area contributed by atoms with Gasteiger partial charge in [0.25, 0.3) is 0 Å². The van der Waals surface area contributed by atoms with Gasteiger partial charge in [-0.1, -0.05) is 51.8 Å². The summed E-state index contributed by atoms with van der Waals surface area (Å²) in [5.41, 5.74) is 8.67. The van der Waals surface area contributed by atoms with Crippen molar-refractivity contribution < 1.29 is 9.90 Å². The molecule has 0 bridgehead atoms. The van der Waals surface area contributed by atoms with Gasteiger partial charge in [-0.25, -0.2) is 10.9 Å². The summed E-state index contributed by atoms with van der Waals surface area (Å²) >= 11 is 9.42. The van der Waals surface area contributed by atoms with Gasteiger partial charge in [0.2, 0.25) is 0 Å². The summed E-state index contributed by atoms with van der Waals surface area (Å²) in [6.45, 7) is 0.